The van der Waals surface area contributed by atoms with Gasteiger partial charge in [-0.15, -0.1) is 0 Å². The van der Waals surface area contributed by atoms with Crippen LogP contribution in [0.2, 0.25) is 5.02 Å². The van der Waals surface area contributed by atoms with Gasteiger partial charge >= 0.3 is 0 Å². The number of aryl methyl sites for hydroxylation is 2. The fourth-order valence-electron chi connectivity index (χ4n) is 15.1. The summed E-state index contributed by atoms with van der Waals surface area (Å²) in [5.74, 6) is -0.0482. The van der Waals surface area contributed by atoms with Crippen LogP contribution in [0.25, 0.3) is 0 Å². The number of hydrogen-bond donors (Lipinski definition) is 2. The average molecular weight is 1570 g/mol. The highest BCUT2D eigenvalue weighted by molar-refractivity contribution is 8.07. The molecule has 6 aromatic heterocycles. The number of pyridine rings is 6. The maximum absolute atomic E-state index is 13.1. The number of aromatic nitrogens is 6. The molecule has 0 radical (unpaired) electrons. The molecule has 0 bridgehead atoms. The van der Waals surface area contributed by atoms with Gasteiger partial charge in [-0.1, -0.05) is 57.0 Å². The largest absolute Gasteiger partial charge is 0.369 e. The van der Waals surface area contributed by atoms with E-state index in [1.54, 1.807) is 119 Å². The Kier molecular flexibility index (Phi) is 24.1. The maximum Gasteiger partial charge on any atom is 0.261 e. The van der Waals surface area contributed by atoms with Gasteiger partial charge in [0.2, 0.25) is 5.91 Å². The highest BCUT2D eigenvalue weighted by Gasteiger charge is 2.43. The predicted octanol–water partition coefficient (Wildman–Crippen LogP) is 8.76. The number of sulfonamides is 4. The summed E-state index contributed by atoms with van der Waals surface area (Å²) in [6.45, 7) is 13.8. The van der Waals surface area contributed by atoms with Gasteiger partial charge in [-0.2, -0.15) is 12.9 Å². The van der Waals surface area contributed by atoms with Crippen LogP contribution in [0.15, 0.2) is 159 Å². The molecule has 1 amide bonds. The summed E-state index contributed by atoms with van der Waals surface area (Å²) in [5, 5.41) is 1.43. The lowest BCUT2D eigenvalue weighted by molar-refractivity contribution is -0.122. The molecule has 4 fully saturated rings. The second kappa shape index (κ2) is 33.0. The third kappa shape index (κ3) is 17.8. The topological polar surface area (TPSA) is 375 Å². The van der Waals surface area contributed by atoms with E-state index in [0.717, 1.165) is 90.8 Å². The number of halogens is 1. The second-order valence-electron chi connectivity index (χ2n) is 28.6. The van der Waals surface area contributed by atoms with Crippen molar-refractivity contribution < 1.29 is 46.9 Å². The Morgan fingerprint density at radius 2 is 1.01 bits per heavy atom. The van der Waals surface area contributed by atoms with Crippen molar-refractivity contribution in [3.63, 3.8) is 0 Å². The van der Waals surface area contributed by atoms with E-state index in [0.29, 0.717) is 123 Å². The van der Waals surface area contributed by atoms with Crippen LogP contribution in [0.3, 0.4) is 0 Å². The first-order valence-electron chi connectivity index (χ1n) is 35.7. The number of nitrogens with one attached hydrogen (secondary N) is 1. The van der Waals surface area contributed by atoms with E-state index < -0.39 is 49.9 Å². The lowest BCUT2D eigenvalue weighted by Gasteiger charge is -2.39. The van der Waals surface area contributed by atoms with E-state index in [1.165, 1.54) is 4.31 Å². The lowest BCUT2D eigenvalue weighted by Crippen LogP contribution is -2.45. The monoisotopic (exact) mass is 1570 g/mol. The number of nitrogens with two attached hydrogens (primary N) is 1. The van der Waals surface area contributed by atoms with Gasteiger partial charge < -0.3 is 5.73 Å². The van der Waals surface area contributed by atoms with Crippen molar-refractivity contribution in [3.8, 4) is 0 Å². The van der Waals surface area contributed by atoms with Gasteiger partial charge in [0.05, 0.1) is 73.0 Å². The van der Waals surface area contributed by atoms with Crippen molar-refractivity contribution in [3.05, 3.63) is 212 Å². The van der Waals surface area contributed by atoms with Crippen LogP contribution >= 0.6 is 11.6 Å². The molecule has 107 heavy (non-hydrogen) atoms. The minimum Gasteiger partial charge on any atom is -0.369 e. The summed E-state index contributed by atoms with van der Waals surface area (Å²) in [4.78, 5) is 57.2. The Labute approximate surface area is 631 Å². The minimum atomic E-state index is -3.63. The first-order valence-corrected chi connectivity index (χ1v) is 43.5. The molecule has 566 valence electrons. The number of aliphatic imine (C=N–C) groups is 5. The zero-order chi connectivity index (χ0) is 76.1. The number of sulfone groups is 1. The molecule has 8 aliphatic heterocycles. The lowest BCUT2D eigenvalue weighted by atomic mass is 9.71. The molecule has 14 heterocycles. The van der Waals surface area contributed by atoms with Gasteiger partial charge in [0.15, 0.2) is 35.1 Å². The molecule has 3 saturated heterocycles. The van der Waals surface area contributed by atoms with E-state index in [9.17, 15) is 46.9 Å². The highest BCUT2D eigenvalue weighted by Crippen LogP contribution is 2.40. The predicted molar refractivity (Wildman–Crippen MR) is 412 cm³/mol. The van der Waals surface area contributed by atoms with Crippen LogP contribution in [0, 0.1) is 24.2 Å². The summed E-state index contributed by atoms with van der Waals surface area (Å²) in [6.07, 6.45) is 20.6. The van der Waals surface area contributed by atoms with Crippen LogP contribution < -0.4 is 10.5 Å². The molecule has 0 spiro atoms. The van der Waals surface area contributed by atoms with Gasteiger partial charge in [-0.05, 0) is 179 Å². The smallest absolute Gasteiger partial charge is 0.261 e. The molecule has 3 N–H and O–H groups in total. The van der Waals surface area contributed by atoms with Gasteiger partial charge in [0, 0.05) is 120 Å². The normalized spacial score (nSPS) is 21.2. The number of carbonyl (C=O) groups is 1. The van der Waals surface area contributed by atoms with Crippen molar-refractivity contribution >= 4 is 92.7 Å². The molecule has 9 aliphatic rings. The first kappa shape index (κ1) is 78.4. The summed E-state index contributed by atoms with van der Waals surface area (Å²) in [6, 6.07) is 26.7. The van der Waals surface area contributed by atoms with Crippen LogP contribution in [-0.2, 0) is 93.9 Å². The quantitative estimate of drug-likeness (QED) is 0.129. The number of benzene rings is 1. The Morgan fingerprint density at radius 1 is 0.542 bits per heavy atom. The van der Waals surface area contributed by atoms with E-state index in [-0.39, 0.29) is 66.3 Å². The van der Waals surface area contributed by atoms with E-state index >= 15 is 0 Å². The van der Waals surface area contributed by atoms with Gasteiger partial charge in [0.1, 0.15) is 0 Å². The summed E-state index contributed by atoms with van der Waals surface area (Å²) < 4.78 is 135. The Hall–Kier alpha value is -8.18. The number of fused-ring (bicyclic) bond motifs is 5. The molecule has 33 heteroatoms. The second-order valence-corrected chi connectivity index (χ2v) is 38.1. The molecular weight excluding hydrogens is 1480 g/mol. The molecule has 7 aromatic rings. The molecular formula is C74H87ClN16O11S5. The van der Waals surface area contributed by atoms with Crippen LogP contribution in [-0.4, -0.2) is 160 Å². The summed E-state index contributed by atoms with van der Waals surface area (Å²) >= 11 is 5.99. The number of piperidine rings is 2. The number of primary amides is 1. The Balaban J connectivity index is 0.000000125. The third-order valence-electron chi connectivity index (χ3n) is 20.2. The summed E-state index contributed by atoms with van der Waals surface area (Å²) in [5.41, 5.74) is 15.0. The van der Waals surface area contributed by atoms with Crippen molar-refractivity contribution in [1.82, 2.24) is 47.5 Å². The van der Waals surface area contributed by atoms with Crippen molar-refractivity contribution in [2.75, 3.05) is 31.9 Å². The van der Waals surface area contributed by atoms with Gasteiger partial charge in [-0.25, -0.2) is 46.8 Å². The molecule has 4 atom stereocenters. The van der Waals surface area contributed by atoms with Crippen molar-refractivity contribution in [1.29, 1.82) is 0 Å². The number of amides is 1. The number of carbonyl (C=O) groups excluding carboxylic acids is 1. The fraction of sp³-hybridized carbons (Fsp3) is 0.432. The molecule has 1 saturated carbocycles. The third-order valence-corrected chi connectivity index (χ3v) is 29.5. The van der Waals surface area contributed by atoms with Gasteiger partial charge in [-0.3, -0.25) is 59.7 Å². The van der Waals surface area contributed by atoms with Crippen molar-refractivity contribution in [2.45, 2.75) is 156 Å². The molecule has 1 aromatic carbocycles. The SMILES string of the molecule is CC1CC(NS(=O)(=O)C2=NCc3ncccc32)CC(C)(C)C1.CC1CCCCN1S(=O)(=O)C1=NCc2ncccc21.Cc1cc(CCS(=O)(=O)C2=NCc3ncccc32)ccc1Cl.NC(=O)C1CCN(S(=O)(=O)C2=NCc3ncccc32)CC1.O=S(=O)(C1=NCc2ncccc21)N1CCCC1c1cccnc1. The number of rotatable bonds is 10. The number of hydrogen-bond acceptors (Lipinski definition) is 22. The minimum absolute atomic E-state index is 0.0211. The van der Waals surface area contributed by atoms with E-state index in [4.69, 9.17) is 17.3 Å². The molecule has 16 rings (SSSR count). The van der Waals surface area contributed by atoms with Gasteiger partial charge in [0.25, 0.3) is 40.1 Å². The van der Waals surface area contributed by atoms with Crippen LogP contribution in [0.1, 0.15) is 171 Å². The zero-order valence-electron chi connectivity index (χ0n) is 60.2. The standard InChI is InChI=1S/C16H15ClN2O2S.C16H16N4O2S.C16H23N3O2S.C13H16N4O3S.C13H17N3O2S/c1-11-9-12(4-5-14(11)17)6-8-22(20,21)16-13-3-2-7-18-15(13)10-19-16;21-23(22,16-13-5-2-8-18-14(13)11-19-16)20-9-3-6-15(20)12-4-1-7-17-10-12;1-11-7-12(9-16(2,3)8-11)19-22(20,21)15-13-5-4-6-17-14(13)10-18-15;14-12(18)9-3-6-17(7-4-9)21(19,20)13-10-2-1-5-15-11(10)8-16-13;1-10-5-2-3-8-16(10)19(17,18)13-11-6-4-7-14-12(11)9-15-13/h2-5,7,9H,6,8,10H2,1H3;1-2,4-5,7-8,10,15H,3,6,9,11H2;4-6,11-12,19H,7-10H2,1-3H3;1-2,5,9H,3-4,6-8H2,(H2,14,18);4,6-7,10H,2-3,5,8-9H2,1H3. The zero-order valence-corrected chi connectivity index (χ0v) is 65.0. The number of nitrogens with zero attached hydrogens (tertiary/aromatic N) is 14. The Bertz CT molecular complexity index is 5270. The van der Waals surface area contributed by atoms with Crippen LogP contribution in [0.4, 0.5) is 0 Å². The van der Waals surface area contributed by atoms with Crippen LogP contribution in [0.5, 0.6) is 0 Å². The van der Waals surface area contributed by atoms with E-state index in [2.05, 4.69) is 80.4 Å². The molecule has 1 aliphatic carbocycles. The Morgan fingerprint density at radius 3 is 1.50 bits per heavy atom. The fourth-order valence-corrected chi connectivity index (χ4v) is 23.5. The molecule has 27 nitrogen and oxygen atoms in total. The highest BCUT2D eigenvalue weighted by atomic mass is 35.5. The molecule has 4 unspecified atom stereocenters. The van der Waals surface area contributed by atoms with E-state index in [1.807, 2.05) is 38.1 Å². The first-order chi connectivity index (χ1) is 51.0. The maximum atomic E-state index is 13.1. The summed E-state index contributed by atoms with van der Waals surface area (Å²) in [7, 11) is -17.8. The average Bonchev–Trinajstić information content (AvgIpc) is 1.66. The van der Waals surface area contributed by atoms with Crippen molar-refractivity contribution in [2.24, 2.45) is 47.9 Å².